The number of anilines is 1. The van der Waals surface area contributed by atoms with Crippen molar-refractivity contribution in [3.63, 3.8) is 0 Å². The lowest BCUT2D eigenvalue weighted by atomic mass is 10.2. The topological polar surface area (TPSA) is 46.4 Å². The summed E-state index contributed by atoms with van der Waals surface area (Å²) >= 11 is 5.93. The monoisotopic (exact) mass is 299 g/mol. The number of aryl methyl sites for hydroxylation is 2. The van der Waals surface area contributed by atoms with Crippen molar-refractivity contribution in [2.24, 2.45) is 0 Å². The second kappa shape index (κ2) is 5.22. The fraction of sp³-hybridized carbons (Fsp3) is 0.125. The molecular weight excluding hydrogens is 286 g/mol. The fourth-order valence-electron chi connectivity index (χ4n) is 2.34. The Kier molecular flexibility index (Phi) is 3.39. The SMILES string of the molecule is Cc1cc(Cl)ccc1NC(=O)c1c(C)nc2ccccn12. The van der Waals surface area contributed by atoms with E-state index in [1.807, 2.05) is 44.3 Å². The standard InChI is InChI=1S/C16H14ClN3O/c1-10-9-12(17)6-7-13(10)19-16(21)15-11(2)18-14-5-3-4-8-20(14)15/h3-9H,1-2H3,(H,19,21). The van der Waals surface area contributed by atoms with E-state index >= 15 is 0 Å². The average Bonchev–Trinajstić information content (AvgIpc) is 2.77. The van der Waals surface area contributed by atoms with Crippen molar-refractivity contribution < 1.29 is 4.79 Å². The van der Waals surface area contributed by atoms with Crippen molar-refractivity contribution in [3.05, 3.63) is 64.6 Å². The molecule has 1 aromatic carbocycles. The van der Waals surface area contributed by atoms with Crippen LogP contribution in [0.4, 0.5) is 5.69 Å². The van der Waals surface area contributed by atoms with Gasteiger partial charge < -0.3 is 5.32 Å². The molecule has 2 aromatic heterocycles. The van der Waals surface area contributed by atoms with Crippen LogP contribution in [0.25, 0.3) is 5.65 Å². The number of nitrogens with zero attached hydrogens (tertiary/aromatic N) is 2. The molecule has 0 spiro atoms. The summed E-state index contributed by atoms with van der Waals surface area (Å²) in [5, 5.41) is 3.56. The van der Waals surface area contributed by atoms with E-state index in [9.17, 15) is 4.79 Å². The Morgan fingerprint density at radius 1 is 1.24 bits per heavy atom. The third kappa shape index (κ3) is 2.50. The molecule has 0 bridgehead atoms. The van der Waals surface area contributed by atoms with Crippen LogP contribution in [-0.4, -0.2) is 15.3 Å². The molecule has 0 radical (unpaired) electrons. The Labute approximate surface area is 127 Å². The van der Waals surface area contributed by atoms with Gasteiger partial charge in [-0.2, -0.15) is 0 Å². The molecule has 21 heavy (non-hydrogen) atoms. The maximum atomic E-state index is 12.5. The molecule has 3 aromatic rings. The Balaban J connectivity index is 1.99. The molecular formula is C16H14ClN3O. The van der Waals surface area contributed by atoms with Crippen molar-refractivity contribution in [1.29, 1.82) is 0 Å². The van der Waals surface area contributed by atoms with Crippen molar-refractivity contribution in [3.8, 4) is 0 Å². The maximum absolute atomic E-state index is 12.5. The van der Waals surface area contributed by atoms with Gasteiger partial charge in [-0.25, -0.2) is 4.98 Å². The van der Waals surface area contributed by atoms with Crippen LogP contribution in [-0.2, 0) is 0 Å². The average molecular weight is 300 g/mol. The number of pyridine rings is 1. The number of fused-ring (bicyclic) bond motifs is 1. The van der Waals surface area contributed by atoms with E-state index in [0.29, 0.717) is 16.4 Å². The van der Waals surface area contributed by atoms with Crippen LogP contribution in [0.2, 0.25) is 5.02 Å². The lowest BCUT2D eigenvalue weighted by molar-refractivity contribution is 0.102. The highest BCUT2D eigenvalue weighted by Gasteiger charge is 2.16. The van der Waals surface area contributed by atoms with Gasteiger partial charge in [0.15, 0.2) is 0 Å². The number of aromatic nitrogens is 2. The molecule has 1 amide bonds. The number of nitrogens with one attached hydrogen (secondary N) is 1. The Morgan fingerprint density at radius 3 is 2.81 bits per heavy atom. The molecule has 0 unspecified atom stereocenters. The Bertz CT molecular complexity index is 839. The van der Waals surface area contributed by atoms with E-state index < -0.39 is 0 Å². The number of carbonyl (C=O) groups excluding carboxylic acids is 1. The van der Waals surface area contributed by atoms with Gasteiger partial charge >= 0.3 is 0 Å². The molecule has 106 valence electrons. The maximum Gasteiger partial charge on any atom is 0.274 e. The number of amides is 1. The van der Waals surface area contributed by atoms with Gasteiger partial charge in [-0.05, 0) is 49.7 Å². The summed E-state index contributed by atoms with van der Waals surface area (Å²) in [6, 6.07) is 11.0. The summed E-state index contributed by atoms with van der Waals surface area (Å²) in [6.45, 7) is 3.74. The number of rotatable bonds is 2. The highest BCUT2D eigenvalue weighted by Crippen LogP contribution is 2.21. The van der Waals surface area contributed by atoms with Gasteiger partial charge in [0.05, 0.1) is 5.69 Å². The second-order valence-electron chi connectivity index (χ2n) is 4.89. The van der Waals surface area contributed by atoms with Gasteiger partial charge in [-0.15, -0.1) is 0 Å². The lowest BCUT2D eigenvalue weighted by Crippen LogP contribution is -2.16. The number of benzene rings is 1. The number of hydrogen-bond donors (Lipinski definition) is 1. The first-order valence-corrected chi connectivity index (χ1v) is 6.95. The predicted octanol–water partition coefficient (Wildman–Crippen LogP) is 3.86. The summed E-state index contributed by atoms with van der Waals surface area (Å²) in [7, 11) is 0. The lowest BCUT2D eigenvalue weighted by Gasteiger charge is -2.09. The first-order chi connectivity index (χ1) is 10.1. The van der Waals surface area contributed by atoms with Crippen molar-refractivity contribution in [2.45, 2.75) is 13.8 Å². The molecule has 3 rings (SSSR count). The van der Waals surface area contributed by atoms with Gasteiger partial charge in [0.25, 0.3) is 5.91 Å². The zero-order chi connectivity index (χ0) is 15.0. The van der Waals surface area contributed by atoms with Crippen LogP contribution in [0.15, 0.2) is 42.6 Å². The second-order valence-corrected chi connectivity index (χ2v) is 5.32. The van der Waals surface area contributed by atoms with E-state index in [-0.39, 0.29) is 5.91 Å². The van der Waals surface area contributed by atoms with Crippen molar-refractivity contribution in [1.82, 2.24) is 9.38 Å². The highest BCUT2D eigenvalue weighted by atomic mass is 35.5. The summed E-state index contributed by atoms with van der Waals surface area (Å²) in [4.78, 5) is 16.9. The molecule has 0 aliphatic rings. The number of hydrogen-bond acceptors (Lipinski definition) is 2. The summed E-state index contributed by atoms with van der Waals surface area (Å²) in [5.74, 6) is -0.184. The summed E-state index contributed by atoms with van der Waals surface area (Å²) in [5.41, 5.74) is 3.66. The zero-order valence-electron chi connectivity index (χ0n) is 11.7. The van der Waals surface area contributed by atoms with E-state index in [2.05, 4.69) is 10.3 Å². The minimum Gasteiger partial charge on any atom is -0.320 e. The van der Waals surface area contributed by atoms with Crippen molar-refractivity contribution in [2.75, 3.05) is 5.32 Å². The first-order valence-electron chi connectivity index (χ1n) is 6.57. The van der Waals surface area contributed by atoms with Gasteiger partial charge in [-0.1, -0.05) is 17.7 Å². The number of carbonyl (C=O) groups is 1. The third-order valence-electron chi connectivity index (χ3n) is 3.36. The van der Waals surface area contributed by atoms with Crippen LogP contribution in [0.3, 0.4) is 0 Å². The van der Waals surface area contributed by atoms with Gasteiger partial charge in [0.2, 0.25) is 0 Å². The van der Waals surface area contributed by atoms with Gasteiger partial charge in [0.1, 0.15) is 11.3 Å². The molecule has 0 saturated carbocycles. The minimum atomic E-state index is -0.184. The number of imidazole rings is 1. The predicted molar refractivity (Wildman–Crippen MR) is 84.1 cm³/mol. The molecule has 0 aliphatic heterocycles. The molecule has 0 fully saturated rings. The minimum absolute atomic E-state index is 0.184. The third-order valence-corrected chi connectivity index (χ3v) is 3.59. The van der Waals surface area contributed by atoms with Crippen molar-refractivity contribution >= 4 is 28.8 Å². The molecule has 5 heteroatoms. The largest absolute Gasteiger partial charge is 0.320 e. The van der Waals surface area contributed by atoms with Gasteiger partial charge in [0, 0.05) is 16.9 Å². The first kappa shape index (κ1) is 13.6. The smallest absolute Gasteiger partial charge is 0.274 e. The molecule has 2 heterocycles. The van der Waals surface area contributed by atoms with Crippen LogP contribution in [0, 0.1) is 13.8 Å². The number of halogens is 1. The molecule has 0 saturated heterocycles. The van der Waals surface area contributed by atoms with E-state index in [1.165, 1.54) is 0 Å². The normalized spacial score (nSPS) is 10.8. The molecule has 4 nitrogen and oxygen atoms in total. The fourth-order valence-corrected chi connectivity index (χ4v) is 2.56. The zero-order valence-corrected chi connectivity index (χ0v) is 12.5. The van der Waals surface area contributed by atoms with Crippen LogP contribution < -0.4 is 5.32 Å². The summed E-state index contributed by atoms with van der Waals surface area (Å²) < 4.78 is 1.79. The van der Waals surface area contributed by atoms with E-state index in [0.717, 1.165) is 16.9 Å². The Morgan fingerprint density at radius 2 is 2.05 bits per heavy atom. The molecule has 0 atom stereocenters. The highest BCUT2D eigenvalue weighted by molar-refractivity contribution is 6.30. The van der Waals surface area contributed by atoms with E-state index in [4.69, 9.17) is 11.6 Å². The van der Waals surface area contributed by atoms with Crippen LogP contribution in [0.1, 0.15) is 21.7 Å². The summed E-state index contributed by atoms with van der Waals surface area (Å²) in [6.07, 6.45) is 1.83. The molecule has 0 aliphatic carbocycles. The molecule has 1 N–H and O–H groups in total. The quantitative estimate of drug-likeness (QED) is 0.781. The Hall–Kier alpha value is -2.33. The van der Waals surface area contributed by atoms with Crippen LogP contribution in [0.5, 0.6) is 0 Å². The van der Waals surface area contributed by atoms with Crippen LogP contribution >= 0.6 is 11.6 Å². The van der Waals surface area contributed by atoms with Gasteiger partial charge in [-0.3, -0.25) is 9.20 Å². The van der Waals surface area contributed by atoms with E-state index in [1.54, 1.807) is 16.5 Å².